The molecule has 0 aliphatic carbocycles. The molecule has 2 aromatic carbocycles. The Labute approximate surface area is 146 Å². The number of halogens is 1. The first-order valence-electron chi connectivity index (χ1n) is 8.20. The van der Waals surface area contributed by atoms with E-state index in [2.05, 4.69) is 10.6 Å². The third-order valence-electron chi connectivity index (χ3n) is 3.69. The highest BCUT2D eigenvalue weighted by molar-refractivity contribution is 5.74. The van der Waals surface area contributed by atoms with Crippen molar-refractivity contribution in [3.8, 4) is 5.75 Å². The number of urea groups is 1. The van der Waals surface area contributed by atoms with Crippen LogP contribution in [0.2, 0.25) is 0 Å². The maximum Gasteiger partial charge on any atom is 0.315 e. The third kappa shape index (κ3) is 6.08. The summed E-state index contributed by atoms with van der Waals surface area (Å²) < 4.78 is 19.3. The van der Waals surface area contributed by atoms with Gasteiger partial charge in [-0.05, 0) is 31.0 Å². The molecule has 1 unspecified atom stereocenters. The minimum absolute atomic E-state index is 0.0000440. The van der Waals surface area contributed by atoms with Crippen LogP contribution < -0.4 is 15.4 Å². The maximum atomic E-state index is 13.7. The van der Waals surface area contributed by atoms with E-state index in [4.69, 9.17) is 9.84 Å². The van der Waals surface area contributed by atoms with Crippen LogP contribution in [0.3, 0.4) is 0 Å². The summed E-state index contributed by atoms with van der Waals surface area (Å²) in [4.78, 5) is 12.2. The molecule has 3 N–H and O–H groups in total. The van der Waals surface area contributed by atoms with Crippen molar-refractivity contribution in [2.75, 3.05) is 13.2 Å². The second-order valence-electron chi connectivity index (χ2n) is 5.74. The summed E-state index contributed by atoms with van der Waals surface area (Å²) in [6.07, 6.45) is 0.467. The van der Waals surface area contributed by atoms with Crippen molar-refractivity contribution in [3.63, 3.8) is 0 Å². The van der Waals surface area contributed by atoms with Gasteiger partial charge in [-0.1, -0.05) is 42.5 Å². The Morgan fingerprint density at radius 3 is 2.48 bits per heavy atom. The summed E-state index contributed by atoms with van der Waals surface area (Å²) in [6.45, 7) is 1.90. The van der Waals surface area contributed by atoms with E-state index >= 15 is 0 Å². The molecular formula is C19H23FN2O3. The topological polar surface area (TPSA) is 70.6 Å². The number of aliphatic hydroxyl groups excluding tert-OH is 1. The van der Waals surface area contributed by atoms with Gasteiger partial charge in [-0.15, -0.1) is 0 Å². The van der Waals surface area contributed by atoms with Gasteiger partial charge in [0.15, 0.2) is 11.6 Å². The third-order valence-corrected chi connectivity index (χ3v) is 3.69. The molecule has 0 spiro atoms. The molecular weight excluding hydrogens is 323 g/mol. The molecule has 0 saturated heterocycles. The molecule has 2 atom stereocenters. The van der Waals surface area contributed by atoms with Crippen molar-refractivity contribution in [3.05, 3.63) is 66.0 Å². The molecule has 0 bridgehead atoms. The zero-order valence-corrected chi connectivity index (χ0v) is 14.1. The van der Waals surface area contributed by atoms with E-state index in [1.807, 2.05) is 37.3 Å². The van der Waals surface area contributed by atoms with Gasteiger partial charge in [0.1, 0.15) is 6.61 Å². The smallest absolute Gasteiger partial charge is 0.315 e. The lowest BCUT2D eigenvalue weighted by Crippen LogP contribution is -2.44. The zero-order valence-electron chi connectivity index (χ0n) is 14.1. The lowest BCUT2D eigenvalue weighted by Gasteiger charge is -2.22. The summed E-state index contributed by atoms with van der Waals surface area (Å²) in [5, 5.41) is 14.5. The van der Waals surface area contributed by atoms with Crippen LogP contribution in [0.15, 0.2) is 54.6 Å². The molecule has 6 heteroatoms. The van der Waals surface area contributed by atoms with Crippen molar-refractivity contribution >= 4 is 6.03 Å². The van der Waals surface area contributed by atoms with Crippen LogP contribution in [0.4, 0.5) is 9.18 Å². The number of benzene rings is 2. The first-order chi connectivity index (χ1) is 12.1. The Morgan fingerprint density at radius 2 is 1.80 bits per heavy atom. The highest BCUT2D eigenvalue weighted by atomic mass is 19.1. The summed E-state index contributed by atoms with van der Waals surface area (Å²) in [6, 6.07) is 14.5. The molecule has 0 heterocycles. The molecule has 2 rings (SSSR count). The van der Waals surface area contributed by atoms with Crippen LogP contribution in [0, 0.1) is 5.82 Å². The van der Waals surface area contributed by atoms with Crippen LogP contribution in [-0.2, 0) is 0 Å². The largest absolute Gasteiger partial charge is 0.488 e. The monoisotopic (exact) mass is 346 g/mol. The Bertz CT molecular complexity index is 667. The lowest BCUT2D eigenvalue weighted by atomic mass is 10.1. The Hall–Kier alpha value is -2.60. The van der Waals surface area contributed by atoms with Crippen molar-refractivity contribution in [1.29, 1.82) is 0 Å². The van der Waals surface area contributed by atoms with Gasteiger partial charge < -0.3 is 20.5 Å². The Kier molecular flexibility index (Phi) is 7.22. The number of hydrogen-bond donors (Lipinski definition) is 3. The van der Waals surface area contributed by atoms with Gasteiger partial charge in [-0.3, -0.25) is 0 Å². The van der Waals surface area contributed by atoms with E-state index in [0.717, 1.165) is 5.56 Å². The number of carbonyl (C=O) groups is 1. The summed E-state index contributed by atoms with van der Waals surface area (Å²) in [5.41, 5.74) is 0.851. The number of para-hydroxylation sites is 1. The summed E-state index contributed by atoms with van der Waals surface area (Å²) in [7, 11) is 0. The van der Waals surface area contributed by atoms with Gasteiger partial charge in [0.2, 0.25) is 0 Å². The maximum absolute atomic E-state index is 13.7. The highest BCUT2D eigenvalue weighted by Gasteiger charge is 2.17. The number of aliphatic hydroxyl groups is 1. The number of ether oxygens (including phenoxy) is 1. The van der Waals surface area contributed by atoms with Gasteiger partial charge in [-0.2, -0.15) is 0 Å². The number of nitrogens with one attached hydrogen (secondary N) is 2. The molecule has 134 valence electrons. The second kappa shape index (κ2) is 9.64. The number of hydrogen-bond acceptors (Lipinski definition) is 3. The van der Waals surface area contributed by atoms with E-state index in [1.165, 1.54) is 6.07 Å². The van der Waals surface area contributed by atoms with Gasteiger partial charge in [0.25, 0.3) is 0 Å². The fraction of sp³-hybridized carbons (Fsp3) is 0.316. The van der Waals surface area contributed by atoms with E-state index in [0.29, 0.717) is 6.42 Å². The molecule has 0 aromatic heterocycles. The van der Waals surface area contributed by atoms with Crippen LogP contribution in [-0.4, -0.2) is 30.4 Å². The van der Waals surface area contributed by atoms with Crippen molar-refractivity contribution in [2.45, 2.75) is 25.4 Å². The highest BCUT2D eigenvalue weighted by Crippen LogP contribution is 2.19. The Balaban J connectivity index is 2.03. The van der Waals surface area contributed by atoms with Crippen LogP contribution in [0.5, 0.6) is 5.75 Å². The van der Waals surface area contributed by atoms with E-state index in [-0.39, 0.29) is 31.0 Å². The summed E-state index contributed by atoms with van der Waals surface area (Å²) >= 11 is 0. The quantitative estimate of drug-likeness (QED) is 0.688. The predicted octanol–water partition coefficient (Wildman–Crippen LogP) is 3.02. The predicted molar refractivity (Wildman–Crippen MR) is 93.9 cm³/mol. The van der Waals surface area contributed by atoms with Gasteiger partial charge in [0.05, 0.1) is 6.04 Å². The number of amides is 2. The van der Waals surface area contributed by atoms with E-state index in [9.17, 15) is 9.18 Å². The molecule has 25 heavy (non-hydrogen) atoms. The van der Waals surface area contributed by atoms with Crippen molar-refractivity contribution < 1.29 is 19.0 Å². The molecule has 0 fully saturated rings. The second-order valence-corrected chi connectivity index (χ2v) is 5.74. The first-order valence-corrected chi connectivity index (χ1v) is 8.20. The molecule has 5 nitrogen and oxygen atoms in total. The number of carbonyl (C=O) groups excluding carboxylic acids is 1. The average molecular weight is 346 g/mol. The minimum Gasteiger partial charge on any atom is -0.488 e. The number of rotatable bonds is 8. The SMILES string of the molecule is C[C@H](CCO)NC(=O)NC(COc1ccccc1F)c1ccccc1. The first kappa shape index (κ1) is 18.7. The fourth-order valence-electron chi connectivity index (χ4n) is 2.33. The zero-order chi connectivity index (χ0) is 18.1. The molecule has 0 aliphatic rings. The van der Waals surface area contributed by atoms with Crippen LogP contribution >= 0.6 is 0 Å². The standard InChI is InChI=1S/C19H23FN2O3/c1-14(11-12-23)21-19(24)22-17(15-7-3-2-4-8-15)13-25-18-10-6-5-9-16(18)20/h2-10,14,17,23H,11-13H2,1H3,(H2,21,22,24)/t14-,17?/m1/s1. The van der Waals surface area contributed by atoms with Crippen molar-refractivity contribution in [1.82, 2.24) is 10.6 Å². The average Bonchev–Trinajstić information content (AvgIpc) is 2.60. The van der Waals surface area contributed by atoms with Crippen molar-refractivity contribution in [2.24, 2.45) is 0 Å². The fourth-order valence-corrected chi connectivity index (χ4v) is 2.33. The lowest BCUT2D eigenvalue weighted by molar-refractivity contribution is 0.215. The van der Waals surface area contributed by atoms with E-state index in [1.54, 1.807) is 18.2 Å². The normalized spacial score (nSPS) is 12.9. The Morgan fingerprint density at radius 1 is 1.12 bits per heavy atom. The minimum atomic E-state index is -0.449. The van der Waals surface area contributed by atoms with Gasteiger partial charge in [-0.25, -0.2) is 9.18 Å². The molecule has 0 saturated carbocycles. The van der Waals surface area contributed by atoms with Crippen LogP contribution in [0.1, 0.15) is 24.9 Å². The van der Waals surface area contributed by atoms with Gasteiger partial charge >= 0.3 is 6.03 Å². The van der Waals surface area contributed by atoms with E-state index < -0.39 is 11.9 Å². The summed E-state index contributed by atoms with van der Waals surface area (Å²) in [5.74, 6) is -0.311. The molecule has 2 amide bonds. The molecule has 0 aliphatic heterocycles. The van der Waals surface area contributed by atoms with Gasteiger partial charge in [0, 0.05) is 12.6 Å². The van der Waals surface area contributed by atoms with Crippen LogP contribution in [0.25, 0.3) is 0 Å². The molecule has 0 radical (unpaired) electrons. The molecule has 2 aromatic rings.